The molecule has 1 rings (SSSR count). The number of Topliss-reactive ketones (excluding diaryl/α,β-unsaturated/α-hetero) is 1. The van der Waals surface area contributed by atoms with Crippen LogP contribution in [0.1, 0.15) is 17.4 Å². The van der Waals surface area contributed by atoms with Gasteiger partial charge in [0.1, 0.15) is 11.5 Å². The van der Waals surface area contributed by atoms with Crippen molar-refractivity contribution in [1.82, 2.24) is 4.98 Å². The van der Waals surface area contributed by atoms with E-state index in [1.807, 2.05) is 0 Å². The predicted molar refractivity (Wildman–Crippen MR) is 41.4 cm³/mol. The molecule has 0 unspecified atom stereocenters. The van der Waals surface area contributed by atoms with Gasteiger partial charge in [-0.15, -0.1) is 12.4 Å². The lowest BCUT2D eigenvalue weighted by atomic mass is 10.3. The summed E-state index contributed by atoms with van der Waals surface area (Å²) < 4.78 is 12.3. The third-order valence-corrected chi connectivity index (χ3v) is 1.08. The van der Waals surface area contributed by atoms with E-state index >= 15 is 0 Å². The first kappa shape index (κ1) is 10.0. The van der Waals surface area contributed by atoms with Crippen molar-refractivity contribution in [3.63, 3.8) is 0 Å². The summed E-state index contributed by atoms with van der Waals surface area (Å²) in [7, 11) is 0. The Morgan fingerprint density at radius 3 is 2.64 bits per heavy atom. The zero-order chi connectivity index (χ0) is 7.56. The van der Waals surface area contributed by atoms with Gasteiger partial charge in [0.25, 0.3) is 0 Å². The van der Waals surface area contributed by atoms with E-state index in [1.54, 1.807) is 0 Å². The third-order valence-electron chi connectivity index (χ3n) is 1.08. The lowest BCUT2D eigenvalue weighted by Gasteiger charge is -1.91. The number of pyridine rings is 1. The molecule has 0 aliphatic heterocycles. The third kappa shape index (κ3) is 2.63. The highest BCUT2D eigenvalue weighted by molar-refractivity contribution is 5.91. The normalized spacial score (nSPS) is 8.55. The summed E-state index contributed by atoms with van der Waals surface area (Å²) in [4.78, 5) is 14.2. The molecular formula is C7H7ClFNO. The number of hydrogen-bond acceptors (Lipinski definition) is 2. The fraction of sp³-hybridized carbons (Fsp3) is 0.143. The Kier molecular flexibility index (Phi) is 3.68. The van der Waals surface area contributed by atoms with E-state index in [2.05, 4.69) is 4.98 Å². The van der Waals surface area contributed by atoms with Crippen molar-refractivity contribution < 1.29 is 9.18 Å². The summed E-state index contributed by atoms with van der Waals surface area (Å²) in [6.45, 7) is 1.35. The minimum absolute atomic E-state index is 0. The number of nitrogens with zero attached hydrogens (tertiary/aromatic N) is 1. The Bertz CT molecular complexity index is 264. The van der Waals surface area contributed by atoms with E-state index < -0.39 is 5.82 Å². The van der Waals surface area contributed by atoms with Gasteiger partial charge < -0.3 is 0 Å². The lowest BCUT2D eigenvalue weighted by Crippen LogP contribution is -1.95. The molecule has 0 saturated carbocycles. The minimum atomic E-state index is -0.430. The largest absolute Gasteiger partial charge is 0.293 e. The van der Waals surface area contributed by atoms with Gasteiger partial charge in [0.2, 0.25) is 0 Å². The summed E-state index contributed by atoms with van der Waals surface area (Å²) in [6, 6.07) is 2.31. The Morgan fingerprint density at radius 2 is 2.27 bits per heavy atom. The van der Waals surface area contributed by atoms with Crippen molar-refractivity contribution in [2.24, 2.45) is 0 Å². The van der Waals surface area contributed by atoms with Gasteiger partial charge in [-0.2, -0.15) is 0 Å². The Labute approximate surface area is 69.9 Å². The molecule has 0 aliphatic rings. The van der Waals surface area contributed by atoms with Gasteiger partial charge in [0.15, 0.2) is 5.78 Å². The number of carbonyl (C=O) groups is 1. The van der Waals surface area contributed by atoms with Crippen LogP contribution in [0.3, 0.4) is 0 Å². The summed E-state index contributed by atoms with van der Waals surface area (Å²) in [5.74, 6) is -0.653. The SMILES string of the molecule is CC(=O)c1cc(F)ccn1.Cl. The number of halogens is 2. The number of carbonyl (C=O) groups excluding carboxylic acids is 1. The highest BCUT2D eigenvalue weighted by Gasteiger charge is 1.99. The molecule has 1 aromatic heterocycles. The zero-order valence-electron chi connectivity index (χ0n) is 5.87. The Balaban J connectivity index is 0.000001000. The molecule has 1 heterocycles. The molecule has 0 spiro atoms. The molecule has 11 heavy (non-hydrogen) atoms. The Hall–Kier alpha value is -0.960. The van der Waals surface area contributed by atoms with Crippen LogP contribution in [-0.2, 0) is 0 Å². The van der Waals surface area contributed by atoms with Gasteiger partial charge in [-0.25, -0.2) is 4.39 Å². The molecular weight excluding hydrogens is 169 g/mol. The summed E-state index contributed by atoms with van der Waals surface area (Å²) >= 11 is 0. The van der Waals surface area contributed by atoms with Crippen molar-refractivity contribution in [2.75, 3.05) is 0 Å². The average molecular weight is 176 g/mol. The molecule has 0 saturated heterocycles. The molecule has 0 atom stereocenters. The molecule has 0 fully saturated rings. The first-order chi connectivity index (χ1) is 4.70. The molecule has 0 radical (unpaired) electrons. The van der Waals surface area contributed by atoms with Gasteiger partial charge in [-0.3, -0.25) is 9.78 Å². The fourth-order valence-corrected chi connectivity index (χ4v) is 0.597. The summed E-state index contributed by atoms with van der Waals surface area (Å²) in [5, 5.41) is 0. The maximum Gasteiger partial charge on any atom is 0.178 e. The molecule has 60 valence electrons. The maximum absolute atomic E-state index is 12.3. The van der Waals surface area contributed by atoms with Crippen LogP contribution in [0.2, 0.25) is 0 Å². The quantitative estimate of drug-likeness (QED) is 0.610. The van der Waals surface area contributed by atoms with Crippen molar-refractivity contribution in [3.8, 4) is 0 Å². The van der Waals surface area contributed by atoms with E-state index in [0.29, 0.717) is 0 Å². The highest BCUT2D eigenvalue weighted by atomic mass is 35.5. The van der Waals surface area contributed by atoms with Crippen molar-refractivity contribution >= 4 is 18.2 Å². The number of hydrogen-bond donors (Lipinski definition) is 0. The highest BCUT2D eigenvalue weighted by Crippen LogP contribution is 1.99. The molecule has 0 N–H and O–H groups in total. The van der Waals surface area contributed by atoms with Gasteiger partial charge in [0, 0.05) is 19.2 Å². The second-order valence-corrected chi connectivity index (χ2v) is 1.92. The first-order valence-electron chi connectivity index (χ1n) is 2.82. The van der Waals surface area contributed by atoms with E-state index in [9.17, 15) is 9.18 Å². The van der Waals surface area contributed by atoms with Crippen molar-refractivity contribution in [3.05, 3.63) is 29.8 Å². The number of aromatic nitrogens is 1. The van der Waals surface area contributed by atoms with Gasteiger partial charge in [-0.1, -0.05) is 0 Å². The summed E-state index contributed by atoms with van der Waals surface area (Å²) in [6.07, 6.45) is 1.27. The molecule has 4 heteroatoms. The molecule has 0 bridgehead atoms. The first-order valence-corrected chi connectivity index (χ1v) is 2.82. The van der Waals surface area contributed by atoms with Crippen LogP contribution >= 0.6 is 12.4 Å². The van der Waals surface area contributed by atoms with Crippen LogP contribution < -0.4 is 0 Å². The van der Waals surface area contributed by atoms with Gasteiger partial charge in [0.05, 0.1) is 0 Å². The van der Waals surface area contributed by atoms with Crippen LogP contribution in [0, 0.1) is 5.82 Å². The van der Waals surface area contributed by atoms with E-state index in [4.69, 9.17) is 0 Å². The molecule has 0 amide bonds. The summed E-state index contributed by atoms with van der Waals surface area (Å²) in [5.41, 5.74) is 0.167. The molecule has 0 aliphatic carbocycles. The van der Waals surface area contributed by atoms with Crippen LogP contribution in [-0.4, -0.2) is 10.8 Å². The maximum atomic E-state index is 12.3. The van der Waals surface area contributed by atoms with Gasteiger partial charge >= 0.3 is 0 Å². The lowest BCUT2D eigenvalue weighted by molar-refractivity contribution is 0.101. The second-order valence-electron chi connectivity index (χ2n) is 1.92. The molecule has 1 aromatic rings. The average Bonchev–Trinajstić information content (AvgIpc) is 1.88. The van der Waals surface area contributed by atoms with E-state index in [-0.39, 0.29) is 23.9 Å². The van der Waals surface area contributed by atoms with Crippen LogP contribution in [0.4, 0.5) is 4.39 Å². The number of rotatable bonds is 1. The fourth-order valence-electron chi connectivity index (χ4n) is 0.597. The van der Waals surface area contributed by atoms with Crippen molar-refractivity contribution in [2.45, 2.75) is 6.92 Å². The molecule has 2 nitrogen and oxygen atoms in total. The van der Waals surface area contributed by atoms with Crippen molar-refractivity contribution in [1.29, 1.82) is 0 Å². The van der Waals surface area contributed by atoms with Crippen LogP contribution in [0.15, 0.2) is 18.3 Å². The van der Waals surface area contributed by atoms with Gasteiger partial charge in [-0.05, 0) is 6.07 Å². The zero-order valence-corrected chi connectivity index (χ0v) is 6.69. The standard InChI is InChI=1S/C7H6FNO.ClH/c1-5(10)7-4-6(8)2-3-9-7;/h2-4H,1H3;1H. The number of ketones is 1. The topological polar surface area (TPSA) is 30.0 Å². The smallest absolute Gasteiger partial charge is 0.178 e. The van der Waals surface area contributed by atoms with Crippen LogP contribution in [0.5, 0.6) is 0 Å². The van der Waals surface area contributed by atoms with E-state index in [0.717, 1.165) is 6.07 Å². The Morgan fingerprint density at radius 1 is 1.64 bits per heavy atom. The molecule has 0 aromatic carbocycles. The van der Waals surface area contributed by atoms with Crippen LogP contribution in [0.25, 0.3) is 0 Å². The monoisotopic (exact) mass is 175 g/mol. The van der Waals surface area contributed by atoms with E-state index in [1.165, 1.54) is 19.2 Å². The minimum Gasteiger partial charge on any atom is -0.293 e. The predicted octanol–water partition coefficient (Wildman–Crippen LogP) is 1.85. The second kappa shape index (κ2) is 4.03.